The predicted octanol–water partition coefficient (Wildman–Crippen LogP) is 3.78. The topological polar surface area (TPSA) is 189 Å². The number of ether oxygens (including phenoxy) is 5. The number of hydrogen-bond donors (Lipinski definition) is 2. The Balaban J connectivity index is 1.86. The van der Waals surface area contributed by atoms with Gasteiger partial charge in [-0.3, -0.25) is 19.2 Å². The van der Waals surface area contributed by atoms with Crippen molar-refractivity contribution in [2.45, 2.75) is 96.6 Å². The molecule has 0 spiro atoms. The van der Waals surface area contributed by atoms with Gasteiger partial charge in [0.1, 0.15) is 30.0 Å². The van der Waals surface area contributed by atoms with E-state index in [-0.39, 0.29) is 17.5 Å². The van der Waals surface area contributed by atoms with E-state index in [0.29, 0.717) is 0 Å². The zero-order valence-corrected chi connectivity index (χ0v) is 30.8. The van der Waals surface area contributed by atoms with Crippen molar-refractivity contribution in [2.75, 3.05) is 0 Å². The molecular formula is C40H46O13. The molecule has 3 saturated carbocycles. The van der Waals surface area contributed by atoms with Crippen molar-refractivity contribution < 1.29 is 62.7 Å². The molecule has 0 unspecified atom stereocenters. The van der Waals surface area contributed by atoms with Crippen LogP contribution in [-0.2, 0) is 42.9 Å². The van der Waals surface area contributed by atoms with Gasteiger partial charge in [-0.25, -0.2) is 9.59 Å². The number of fused-ring (bicyclic) bond motifs is 3. The number of Topliss-reactive ketones (excluding diaryl/α,β-unsaturated/α-hetero) is 1. The molecule has 2 aromatic carbocycles. The minimum Gasteiger partial charge on any atom is -0.459 e. The highest BCUT2D eigenvalue weighted by molar-refractivity contribution is 5.98. The highest BCUT2D eigenvalue weighted by Gasteiger charge is 2.80. The van der Waals surface area contributed by atoms with Gasteiger partial charge in [0.05, 0.1) is 17.0 Å². The van der Waals surface area contributed by atoms with Gasteiger partial charge in [-0.1, -0.05) is 63.2 Å². The van der Waals surface area contributed by atoms with Crippen molar-refractivity contribution in [3.8, 4) is 0 Å². The lowest BCUT2D eigenvalue weighted by Gasteiger charge is -2.69. The first-order chi connectivity index (χ1) is 24.7. The van der Waals surface area contributed by atoms with Gasteiger partial charge in [0.15, 0.2) is 17.5 Å². The Bertz CT molecular complexity index is 1790. The fraction of sp³-hybridized carbons (Fsp3) is 0.500. The van der Waals surface area contributed by atoms with E-state index in [9.17, 15) is 39.0 Å². The minimum absolute atomic E-state index is 0.102. The van der Waals surface area contributed by atoms with Crippen molar-refractivity contribution in [1.82, 2.24) is 0 Å². The van der Waals surface area contributed by atoms with E-state index in [2.05, 4.69) is 6.58 Å². The number of ketones is 1. The van der Waals surface area contributed by atoms with Crippen LogP contribution in [0.1, 0.15) is 75.6 Å². The molecule has 3 aliphatic rings. The fourth-order valence-corrected chi connectivity index (χ4v) is 9.40. The van der Waals surface area contributed by atoms with E-state index in [1.165, 1.54) is 30.3 Å². The van der Waals surface area contributed by atoms with Crippen LogP contribution >= 0.6 is 0 Å². The van der Waals surface area contributed by atoms with Crippen LogP contribution < -0.4 is 0 Å². The lowest BCUT2D eigenvalue weighted by atomic mass is 9.38. The molecule has 0 aromatic heterocycles. The standard InChI is InChI=1S/C40H46O13/c1-9-26-29(52-34(44)24-16-12-10-13-17-24)31-38(7)27(20-28(49-21(2)41)40(31,48)36(46)39(26,8)47)37(5,6)32(51-23(4)43)30(50-22(3)42)33(38)53-35(45)25-18-14-11-15-19-25/h9-19,26-33,47-48H,1,20H2,2-8H3/t26-,27-,28+,29+,30-,31+,32+,33-,38-,39-,40-/m0/s1. The second-order valence-corrected chi connectivity index (χ2v) is 15.1. The molecule has 3 aliphatic carbocycles. The first-order valence-corrected chi connectivity index (χ1v) is 17.4. The molecular weight excluding hydrogens is 688 g/mol. The average Bonchev–Trinajstić information content (AvgIpc) is 3.08. The number of carbonyl (C=O) groups excluding carboxylic acids is 6. The van der Waals surface area contributed by atoms with Crippen LogP contribution in [-0.4, -0.2) is 87.6 Å². The summed E-state index contributed by atoms with van der Waals surface area (Å²) in [4.78, 5) is 80.9. The first-order valence-electron chi connectivity index (χ1n) is 17.4. The van der Waals surface area contributed by atoms with Crippen molar-refractivity contribution in [2.24, 2.45) is 28.6 Å². The second kappa shape index (κ2) is 14.2. The van der Waals surface area contributed by atoms with E-state index in [4.69, 9.17) is 23.7 Å². The van der Waals surface area contributed by atoms with Crippen LogP contribution in [0.4, 0.5) is 0 Å². The van der Waals surface area contributed by atoms with Crippen LogP contribution in [0.15, 0.2) is 73.3 Å². The summed E-state index contributed by atoms with van der Waals surface area (Å²) >= 11 is 0. The summed E-state index contributed by atoms with van der Waals surface area (Å²) in [7, 11) is 0. The van der Waals surface area contributed by atoms with E-state index in [1.807, 2.05) is 0 Å². The van der Waals surface area contributed by atoms with Gasteiger partial charge in [-0.15, -0.1) is 6.58 Å². The molecule has 3 fully saturated rings. The molecule has 2 N–H and O–H groups in total. The number of rotatable bonds is 8. The Hall–Kier alpha value is -4.88. The molecule has 53 heavy (non-hydrogen) atoms. The zero-order valence-electron chi connectivity index (χ0n) is 30.8. The van der Waals surface area contributed by atoms with Crippen molar-refractivity contribution >= 4 is 35.6 Å². The number of benzene rings is 2. The van der Waals surface area contributed by atoms with Crippen LogP contribution in [0.3, 0.4) is 0 Å². The first kappa shape index (κ1) is 39.3. The average molecular weight is 735 g/mol. The van der Waals surface area contributed by atoms with Crippen molar-refractivity contribution in [1.29, 1.82) is 0 Å². The van der Waals surface area contributed by atoms with Gasteiger partial charge >= 0.3 is 29.8 Å². The van der Waals surface area contributed by atoms with E-state index in [0.717, 1.165) is 27.7 Å². The monoisotopic (exact) mass is 734 g/mol. The lowest BCUT2D eigenvalue weighted by molar-refractivity contribution is -0.321. The van der Waals surface area contributed by atoms with Crippen LogP contribution in [0.2, 0.25) is 0 Å². The maximum absolute atomic E-state index is 14.7. The van der Waals surface area contributed by atoms with Crippen LogP contribution in [0.5, 0.6) is 0 Å². The summed E-state index contributed by atoms with van der Waals surface area (Å²) in [6, 6.07) is 15.8. The third kappa shape index (κ3) is 6.54. The Morgan fingerprint density at radius 3 is 1.66 bits per heavy atom. The Kier molecular flexibility index (Phi) is 10.5. The molecule has 2 aromatic rings. The molecule has 5 rings (SSSR count). The molecule has 284 valence electrons. The van der Waals surface area contributed by atoms with Gasteiger partial charge in [0, 0.05) is 37.5 Å². The van der Waals surface area contributed by atoms with Crippen LogP contribution in [0, 0.1) is 28.6 Å². The number of aliphatic hydroxyl groups is 2. The highest BCUT2D eigenvalue weighted by atomic mass is 16.6. The number of esters is 5. The largest absolute Gasteiger partial charge is 0.459 e. The molecule has 0 heterocycles. The Morgan fingerprint density at radius 1 is 0.698 bits per heavy atom. The molecule has 0 amide bonds. The molecule has 0 radical (unpaired) electrons. The quantitative estimate of drug-likeness (QED) is 0.227. The number of hydrogen-bond acceptors (Lipinski definition) is 13. The summed E-state index contributed by atoms with van der Waals surface area (Å²) in [5, 5.41) is 25.0. The van der Waals surface area contributed by atoms with Gasteiger partial charge < -0.3 is 33.9 Å². The smallest absolute Gasteiger partial charge is 0.338 e. The summed E-state index contributed by atoms with van der Waals surface area (Å²) in [6.45, 7) is 13.4. The minimum atomic E-state index is -2.80. The summed E-state index contributed by atoms with van der Waals surface area (Å²) in [6.07, 6.45) is -6.77. The van der Waals surface area contributed by atoms with E-state index in [1.54, 1.807) is 57.2 Å². The summed E-state index contributed by atoms with van der Waals surface area (Å²) < 4.78 is 30.0. The Labute approximate surface area is 307 Å². The second-order valence-electron chi connectivity index (χ2n) is 15.1. The third-order valence-electron chi connectivity index (χ3n) is 11.5. The third-order valence-corrected chi connectivity index (χ3v) is 11.5. The molecule has 0 aliphatic heterocycles. The van der Waals surface area contributed by atoms with Crippen molar-refractivity contribution in [3.05, 3.63) is 84.4 Å². The predicted molar refractivity (Wildman–Crippen MR) is 186 cm³/mol. The molecule has 11 atom stereocenters. The van der Waals surface area contributed by atoms with Gasteiger partial charge in [0.25, 0.3) is 0 Å². The van der Waals surface area contributed by atoms with E-state index >= 15 is 0 Å². The molecule has 13 heteroatoms. The lowest BCUT2D eigenvalue weighted by Crippen LogP contribution is -2.83. The normalized spacial score (nSPS) is 35.7. The summed E-state index contributed by atoms with van der Waals surface area (Å²) in [5.41, 5.74) is -8.03. The van der Waals surface area contributed by atoms with Gasteiger partial charge in [-0.2, -0.15) is 0 Å². The number of carbonyl (C=O) groups is 6. The van der Waals surface area contributed by atoms with Crippen LogP contribution in [0.25, 0.3) is 0 Å². The van der Waals surface area contributed by atoms with Gasteiger partial charge in [0.2, 0.25) is 0 Å². The van der Waals surface area contributed by atoms with Gasteiger partial charge in [-0.05, 0) is 43.5 Å². The zero-order chi connectivity index (χ0) is 39.3. The molecule has 0 saturated heterocycles. The summed E-state index contributed by atoms with van der Waals surface area (Å²) in [5.74, 6) is -9.29. The molecule has 0 bridgehead atoms. The SMILES string of the molecule is C=C[C@H]1[C@@H](OC(=O)c2ccccc2)[C@H]2[C@](O)(C(=O)[C@@]1(C)O)[C@H](OC(C)=O)C[C@H]1C(C)(C)[C@H](OC(C)=O)[C@H](OC(C)=O)[C@H](OC(=O)c3ccccc3)[C@@]12C. The Morgan fingerprint density at radius 2 is 1.19 bits per heavy atom. The molecule has 13 nitrogen and oxygen atoms in total. The maximum atomic E-state index is 14.7. The fourth-order valence-electron chi connectivity index (χ4n) is 9.40. The maximum Gasteiger partial charge on any atom is 0.338 e. The highest BCUT2D eigenvalue weighted by Crippen LogP contribution is 2.68. The van der Waals surface area contributed by atoms with Crippen molar-refractivity contribution in [3.63, 3.8) is 0 Å². The van der Waals surface area contributed by atoms with E-state index < -0.39 is 106 Å².